The summed E-state index contributed by atoms with van der Waals surface area (Å²) in [5.74, 6) is -1.15. The smallest absolute Gasteiger partial charge is 0.322 e. The van der Waals surface area contributed by atoms with Crippen LogP contribution in [0.3, 0.4) is 0 Å². The topological polar surface area (TPSA) is 83.9 Å². The van der Waals surface area contributed by atoms with Gasteiger partial charge in [-0.2, -0.15) is 4.31 Å². The lowest BCUT2D eigenvalue weighted by molar-refractivity contribution is -0.140. The Labute approximate surface area is 118 Å². The highest BCUT2D eigenvalue weighted by Crippen LogP contribution is 2.28. The fourth-order valence-corrected chi connectivity index (χ4v) is 4.07. The van der Waals surface area contributed by atoms with Crippen LogP contribution < -0.4 is 0 Å². The van der Waals surface area contributed by atoms with Crippen molar-refractivity contribution in [2.75, 3.05) is 13.7 Å². The number of sulfonamides is 1. The molecule has 6 nitrogen and oxygen atoms in total. The van der Waals surface area contributed by atoms with Crippen molar-refractivity contribution in [1.29, 1.82) is 0 Å². The summed E-state index contributed by atoms with van der Waals surface area (Å²) in [6, 6.07) is 5.36. The number of carboxylic acids is 1. The van der Waals surface area contributed by atoms with Crippen LogP contribution in [0.5, 0.6) is 0 Å². The number of hydrogen-bond donors (Lipinski definition) is 1. The molecular weight excluding hydrogens is 282 g/mol. The number of nitrogens with zero attached hydrogens (tertiary/aromatic N) is 1. The zero-order valence-electron chi connectivity index (χ0n) is 11.3. The van der Waals surface area contributed by atoms with Crippen LogP contribution in [0.1, 0.15) is 12.0 Å². The first-order chi connectivity index (χ1) is 9.36. The van der Waals surface area contributed by atoms with Crippen LogP contribution >= 0.6 is 0 Å². The van der Waals surface area contributed by atoms with Gasteiger partial charge in [-0.05, 0) is 24.6 Å². The highest BCUT2D eigenvalue weighted by atomic mass is 32.2. The van der Waals surface area contributed by atoms with E-state index in [0.29, 0.717) is 0 Å². The van der Waals surface area contributed by atoms with Gasteiger partial charge in [0.25, 0.3) is 0 Å². The Morgan fingerprint density at radius 2 is 2.15 bits per heavy atom. The maximum atomic E-state index is 12.6. The summed E-state index contributed by atoms with van der Waals surface area (Å²) in [6.07, 6.45) is -0.229. The standard InChI is InChI=1S/C13H17NO5S/c1-9-4-3-5-11(6-9)20(17,18)14-8-10(19-2)7-12(14)13(15)16/h3-6,10,12H,7-8H2,1-2H3,(H,15,16). The van der Waals surface area contributed by atoms with Crippen molar-refractivity contribution in [3.05, 3.63) is 29.8 Å². The Balaban J connectivity index is 2.39. The van der Waals surface area contributed by atoms with Crippen molar-refractivity contribution in [3.63, 3.8) is 0 Å². The average Bonchev–Trinajstić information content (AvgIpc) is 2.83. The lowest BCUT2D eigenvalue weighted by Crippen LogP contribution is -2.40. The largest absolute Gasteiger partial charge is 0.480 e. The first-order valence-corrected chi connectivity index (χ1v) is 7.64. The second kappa shape index (κ2) is 5.51. The minimum atomic E-state index is -3.83. The van der Waals surface area contributed by atoms with Crippen LogP contribution in [0.15, 0.2) is 29.2 Å². The van der Waals surface area contributed by atoms with Gasteiger partial charge in [0.2, 0.25) is 10.0 Å². The van der Waals surface area contributed by atoms with Crippen molar-refractivity contribution >= 4 is 16.0 Å². The molecule has 2 unspecified atom stereocenters. The Kier molecular flexibility index (Phi) is 4.12. The van der Waals surface area contributed by atoms with Crippen molar-refractivity contribution < 1.29 is 23.1 Å². The molecule has 0 spiro atoms. The van der Waals surface area contributed by atoms with E-state index in [1.807, 2.05) is 0 Å². The van der Waals surface area contributed by atoms with Crippen LogP contribution in [-0.4, -0.2) is 49.6 Å². The molecule has 0 radical (unpaired) electrons. The van der Waals surface area contributed by atoms with Crippen LogP contribution in [0, 0.1) is 6.92 Å². The molecule has 1 aromatic rings. The predicted octanol–water partition coefficient (Wildman–Crippen LogP) is 0.858. The SMILES string of the molecule is COC1CC(C(=O)O)N(S(=O)(=O)c2cccc(C)c2)C1. The van der Waals surface area contributed by atoms with Crippen LogP contribution in [0.4, 0.5) is 0 Å². The van der Waals surface area contributed by atoms with Gasteiger partial charge >= 0.3 is 5.97 Å². The van der Waals surface area contributed by atoms with E-state index in [2.05, 4.69) is 0 Å². The third kappa shape index (κ3) is 2.70. The number of ether oxygens (including phenoxy) is 1. The van der Waals surface area contributed by atoms with Gasteiger partial charge in [-0.3, -0.25) is 4.79 Å². The third-order valence-corrected chi connectivity index (χ3v) is 5.30. The van der Waals surface area contributed by atoms with E-state index in [1.54, 1.807) is 19.1 Å². The van der Waals surface area contributed by atoms with Gasteiger partial charge in [0.05, 0.1) is 11.0 Å². The molecule has 0 amide bonds. The minimum Gasteiger partial charge on any atom is -0.480 e. The first kappa shape index (κ1) is 15.0. The van der Waals surface area contributed by atoms with E-state index in [9.17, 15) is 18.3 Å². The lowest BCUT2D eigenvalue weighted by atomic mass is 10.2. The molecular formula is C13H17NO5S. The predicted molar refractivity (Wildman–Crippen MR) is 71.9 cm³/mol. The zero-order chi connectivity index (χ0) is 14.9. The molecule has 1 aromatic carbocycles. The Morgan fingerprint density at radius 1 is 1.45 bits per heavy atom. The quantitative estimate of drug-likeness (QED) is 0.891. The maximum Gasteiger partial charge on any atom is 0.322 e. The zero-order valence-corrected chi connectivity index (χ0v) is 12.1. The molecule has 0 bridgehead atoms. The molecule has 0 aromatic heterocycles. The molecule has 1 saturated heterocycles. The van der Waals surface area contributed by atoms with E-state index in [4.69, 9.17) is 4.74 Å². The number of carboxylic acid groups (broad SMARTS) is 1. The average molecular weight is 299 g/mol. The van der Waals surface area contributed by atoms with Gasteiger partial charge in [-0.25, -0.2) is 8.42 Å². The highest BCUT2D eigenvalue weighted by molar-refractivity contribution is 7.89. The molecule has 7 heteroatoms. The summed E-state index contributed by atoms with van der Waals surface area (Å²) in [6.45, 7) is 1.85. The van der Waals surface area contributed by atoms with E-state index < -0.39 is 28.1 Å². The molecule has 2 atom stereocenters. The van der Waals surface area contributed by atoms with Crippen LogP contribution in [0.25, 0.3) is 0 Å². The molecule has 0 saturated carbocycles. The van der Waals surface area contributed by atoms with Gasteiger partial charge < -0.3 is 9.84 Å². The normalized spacial score (nSPS) is 23.9. The molecule has 0 aliphatic carbocycles. The summed E-state index contributed by atoms with van der Waals surface area (Å²) in [5.41, 5.74) is 0.806. The molecule has 20 heavy (non-hydrogen) atoms. The van der Waals surface area contributed by atoms with Crippen molar-refractivity contribution in [2.24, 2.45) is 0 Å². The number of hydrogen-bond acceptors (Lipinski definition) is 4. The molecule has 1 aliphatic heterocycles. The van der Waals surface area contributed by atoms with Crippen molar-refractivity contribution in [3.8, 4) is 0 Å². The second-order valence-corrected chi connectivity index (χ2v) is 6.73. The number of methoxy groups -OCH3 is 1. The van der Waals surface area contributed by atoms with Gasteiger partial charge in [-0.15, -0.1) is 0 Å². The fourth-order valence-electron chi connectivity index (χ4n) is 2.34. The molecule has 1 N–H and O–H groups in total. The van der Waals surface area contributed by atoms with Gasteiger partial charge in [0.15, 0.2) is 0 Å². The number of aryl methyl sites for hydroxylation is 1. The minimum absolute atomic E-state index is 0.0593. The van der Waals surface area contributed by atoms with Crippen molar-refractivity contribution in [1.82, 2.24) is 4.31 Å². The van der Waals surface area contributed by atoms with E-state index in [0.717, 1.165) is 9.87 Å². The summed E-state index contributed by atoms with van der Waals surface area (Å²) < 4.78 is 31.3. The molecule has 1 fully saturated rings. The second-order valence-electron chi connectivity index (χ2n) is 4.84. The molecule has 1 aliphatic rings. The Hall–Kier alpha value is -1.44. The summed E-state index contributed by atoms with van der Waals surface area (Å²) >= 11 is 0. The maximum absolute atomic E-state index is 12.6. The first-order valence-electron chi connectivity index (χ1n) is 6.20. The Morgan fingerprint density at radius 3 is 2.70 bits per heavy atom. The highest BCUT2D eigenvalue weighted by Gasteiger charge is 2.44. The number of benzene rings is 1. The van der Waals surface area contributed by atoms with Crippen LogP contribution in [0.2, 0.25) is 0 Å². The summed E-state index contributed by atoms with van der Waals surface area (Å²) in [5, 5.41) is 9.20. The monoisotopic (exact) mass is 299 g/mol. The molecule has 1 heterocycles. The number of rotatable bonds is 4. The molecule has 2 rings (SSSR count). The Bertz CT molecular complexity index is 613. The van der Waals surface area contributed by atoms with E-state index in [-0.39, 0.29) is 17.9 Å². The van der Waals surface area contributed by atoms with E-state index >= 15 is 0 Å². The molecule has 110 valence electrons. The van der Waals surface area contributed by atoms with E-state index in [1.165, 1.54) is 19.2 Å². The lowest BCUT2D eigenvalue weighted by Gasteiger charge is -2.20. The summed E-state index contributed by atoms with van der Waals surface area (Å²) in [7, 11) is -2.38. The van der Waals surface area contributed by atoms with Crippen molar-refractivity contribution in [2.45, 2.75) is 30.4 Å². The van der Waals surface area contributed by atoms with Gasteiger partial charge in [-0.1, -0.05) is 12.1 Å². The number of aliphatic carboxylic acids is 1. The number of carbonyl (C=O) groups is 1. The summed E-state index contributed by atoms with van der Waals surface area (Å²) in [4.78, 5) is 11.4. The van der Waals surface area contributed by atoms with Gasteiger partial charge in [0.1, 0.15) is 6.04 Å². The third-order valence-electron chi connectivity index (χ3n) is 3.43. The van der Waals surface area contributed by atoms with Gasteiger partial charge in [0, 0.05) is 20.1 Å². The fraction of sp³-hybridized carbons (Fsp3) is 0.462. The van der Waals surface area contributed by atoms with Crippen LogP contribution in [-0.2, 0) is 19.6 Å².